The largest absolute Gasteiger partial charge is 0.493 e. The Hall–Kier alpha value is -0.990. The van der Waals surface area contributed by atoms with Crippen LogP contribution in [-0.2, 0) is 6.42 Å². The molecule has 0 bridgehead atoms. The summed E-state index contributed by atoms with van der Waals surface area (Å²) in [5, 5.41) is 14.6. The molecule has 0 radical (unpaired) electrons. The number of rotatable bonds is 4. The average Bonchev–Trinajstić information content (AvgIpc) is 2.45. The summed E-state index contributed by atoms with van der Waals surface area (Å²) in [7, 11) is 0. The Morgan fingerprint density at radius 1 is 1.27 bits per heavy atom. The molecule has 0 saturated heterocycles. The highest BCUT2D eigenvalue weighted by Crippen LogP contribution is 2.30. The maximum absolute atomic E-state index is 10.1. The highest BCUT2D eigenvalue weighted by atomic mass is 16.3. The van der Waals surface area contributed by atoms with Crippen LogP contribution in [0.4, 0.5) is 0 Å². The van der Waals surface area contributed by atoms with Crippen molar-refractivity contribution in [3.63, 3.8) is 0 Å². The lowest BCUT2D eigenvalue weighted by Gasteiger charge is -2.06. The van der Waals surface area contributed by atoms with Gasteiger partial charge in [0.05, 0.1) is 11.7 Å². The SMILES string of the molecule is CCCc1c(C(C)C)nn(C(C)C)c1O. The van der Waals surface area contributed by atoms with Crippen molar-refractivity contribution in [2.24, 2.45) is 0 Å². The molecule has 0 aliphatic heterocycles. The van der Waals surface area contributed by atoms with Crippen LogP contribution in [0.3, 0.4) is 0 Å². The third-order valence-corrected chi connectivity index (χ3v) is 2.55. The standard InChI is InChI=1S/C12H22N2O/c1-6-7-10-11(8(2)3)13-14(9(4)5)12(10)15/h8-9,15H,6-7H2,1-5H3. The second kappa shape index (κ2) is 4.69. The quantitative estimate of drug-likeness (QED) is 0.828. The van der Waals surface area contributed by atoms with Gasteiger partial charge in [-0.3, -0.25) is 0 Å². The number of nitrogens with zero attached hydrogens (tertiary/aromatic N) is 2. The van der Waals surface area contributed by atoms with Gasteiger partial charge in [0.2, 0.25) is 5.88 Å². The molecule has 1 rings (SSSR count). The molecule has 0 spiro atoms. The molecule has 3 nitrogen and oxygen atoms in total. The van der Waals surface area contributed by atoms with Gasteiger partial charge in [-0.25, -0.2) is 4.68 Å². The summed E-state index contributed by atoms with van der Waals surface area (Å²) in [5.74, 6) is 0.730. The summed E-state index contributed by atoms with van der Waals surface area (Å²) >= 11 is 0. The van der Waals surface area contributed by atoms with Crippen LogP contribution in [0.2, 0.25) is 0 Å². The highest BCUT2D eigenvalue weighted by molar-refractivity contribution is 5.33. The Balaban J connectivity index is 3.20. The lowest BCUT2D eigenvalue weighted by Crippen LogP contribution is -2.03. The Bertz CT molecular complexity index is 327. The minimum Gasteiger partial charge on any atom is -0.493 e. The summed E-state index contributed by atoms with van der Waals surface area (Å²) in [4.78, 5) is 0. The molecular weight excluding hydrogens is 188 g/mol. The van der Waals surface area contributed by atoms with Gasteiger partial charge in [-0.05, 0) is 26.2 Å². The van der Waals surface area contributed by atoms with Gasteiger partial charge in [0.15, 0.2) is 0 Å². The molecular formula is C12H22N2O. The van der Waals surface area contributed by atoms with Gasteiger partial charge in [0.25, 0.3) is 0 Å². The maximum atomic E-state index is 10.1. The third-order valence-electron chi connectivity index (χ3n) is 2.55. The minimum atomic E-state index is 0.216. The topological polar surface area (TPSA) is 38.0 Å². The zero-order valence-corrected chi connectivity index (χ0v) is 10.4. The zero-order chi connectivity index (χ0) is 11.6. The molecule has 1 aromatic heterocycles. The van der Waals surface area contributed by atoms with Crippen molar-refractivity contribution in [2.45, 2.75) is 59.4 Å². The lowest BCUT2D eigenvalue weighted by molar-refractivity contribution is 0.373. The first-order valence-corrected chi connectivity index (χ1v) is 5.79. The molecule has 1 aromatic rings. The van der Waals surface area contributed by atoms with Gasteiger partial charge in [0, 0.05) is 5.56 Å². The summed E-state index contributed by atoms with van der Waals surface area (Å²) in [6.07, 6.45) is 1.95. The fourth-order valence-corrected chi connectivity index (χ4v) is 1.79. The lowest BCUT2D eigenvalue weighted by atomic mass is 10.0. The fraction of sp³-hybridized carbons (Fsp3) is 0.750. The molecule has 15 heavy (non-hydrogen) atoms. The Kier molecular flexibility index (Phi) is 3.77. The number of hydrogen-bond acceptors (Lipinski definition) is 2. The van der Waals surface area contributed by atoms with E-state index in [-0.39, 0.29) is 6.04 Å². The summed E-state index contributed by atoms with van der Waals surface area (Å²) in [5.41, 5.74) is 2.07. The summed E-state index contributed by atoms with van der Waals surface area (Å²) in [6.45, 7) is 10.4. The number of aromatic hydroxyl groups is 1. The molecule has 0 aromatic carbocycles. The van der Waals surface area contributed by atoms with E-state index < -0.39 is 0 Å². The van der Waals surface area contributed by atoms with Crippen LogP contribution in [0.25, 0.3) is 0 Å². The summed E-state index contributed by atoms with van der Waals surface area (Å²) < 4.78 is 1.72. The van der Waals surface area contributed by atoms with E-state index in [0.717, 1.165) is 24.1 Å². The Morgan fingerprint density at radius 3 is 2.27 bits per heavy atom. The molecule has 3 heteroatoms. The smallest absolute Gasteiger partial charge is 0.213 e. The van der Waals surface area contributed by atoms with Crippen molar-refractivity contribution in [3.05, 3.63) is 11.3 Å². The van der Waals surface area contributed by atoms with Crippen molar-refractivity contribution >= 4 is 0 Å². The van der Waals surface area contributed by atoms with Crippen molar-refractivity contribution in [1.29, 1.82) is 0 Å². The molecule has 86 valence electrons. The van der Waals surface area contributed by atoms with Crippen molar-refractivity contribution in [1.82, 2.24) is 9.78 Å². The molecule has 0 fully saturated rings. The Morgan fingerprint density at radius 2 is 1.87 bits per heavy atom. The van der Waals surface area contributed by atoms with Gasteiger partial charge in [-0.1, -0.05) is 27.2 Å². The highest BCUT2D eigenvalue weighted by Gasteiger charge is 2.19. The minimum absolute atomic E-state index is 0.216. The maximum Gasteiger partial charge on any atom is 0.213 e. The van der Waals surface area contributed by atoms with E-state index >= 15 is 0 Å². The number of hydrogen-bond donors (Lipinski definition) is 1. The molecule has 1 heterocycles. The number of aromatic nitrogens is 2. The monoisotopic (exact) mass is 210 g/mol. The van der Waals surface area contributed by atoms with Crippen LogP contribution in [0.1, 0.15) is 64.3 Å². The van der Waals surface area contributed by atoms with E-state index in [1.165, 1.54) is 0 Å². The van der Waals surface area contributed by atoms with Crippen LogP contribution in [-0.4, -0.2) is 14.9 Å². The molecule has 0 aliphatic rings. The van der Waals surface area contributed by atoms with Gasteiger partial charge in [-0.2, -0.15) is 5.10 Å². The van der Waals surface area contributed by atoms with Gasteiger partial charge in [0.1, 0.15) is 0 Å². The summed E-state index contributed by atoms with van der Waals surface area (Å²) in [6, 6.07) is 0.216. The average molecular weight is 210 g/mol. The van der Waals surface area contributed by atoms with Crippen LogP contribution >= 0.6 is 0 Å². The molecule has 0 atom stereocenters. The van der Waals surface area contributed by atoms with Gasteiger partial charge < -0.3 is 5.11 Å². The second-order valence-electron chi connectivity index (χ2n) is 4.63. The second-order valence-corrected chi connectivity index (χ2v) is 4.63. The molecule has 0 aliphatic carbocycles. The van der Waals surface area contributed by atoms with E-state index in [1.54, 1.807) is 4.68 Å². The molecule has 0 amide bonds. The predicted octanol–water partition coefficient (Wildman–Crippen LogP) is 3.25. The first-order chi connectivity index (χ1) is 6.99. The zero-order valence-electron chi connectivity index (χ0n) is 10.4. The van der Waals surface area contributed by atoms with Crippen LogP contribution in [0.15, 0.2) is 0 Å². The first kappa shape index (κ1) is 12.1. The first-order valence-electron chi connectivity index (χ1n) is 5.79. The van der Waals surface area contributed by atoms with E-state index in [9.17, 15) is 5.11 Å². The fourth-order valence-electron chi connectivity index (χ4n) is 1.79. The van der Waals surface area contributed by atoms with Crippen LogP contribution < -0.4 is 0 Å². The van der Waals surface area contributed by atoms with E-state index in [0.29, 0.717) is 11.8 Å². The molecule has 1 N–H and O–H groups in total. The van der Waals surface area contributed by atoms with Gasteiger partial charge >= 0.3 is 0 Å². The van der Waals surface area contributed by atoms with E-state index in [2.05, 4.69) is 25.9 Å². The molecule has 0 saturated carbocycles. The van der Waals surface area contributed by atoms with Crippen molar-refractivity contribution < 1.29 is 5.11 Å². The van der Waals surface area contributed by atoms with Crippen LogP contribution in [0.5, 0.6) is 5.88 Å². The molecule has 0 unspecified atom stereocenters. The van der Waals surface area contributed by atoms with E-state index in [4.69, 9.17) is 0 Å². The third kappa shape index (κ3) is 2.33. The van der Waals surface area contributed by atoms with Gasteiger partial charge in [-0.15, -0.1) is 0 Å². The van der Waals surface area contributed by atoms with Crippen molar-refractivity contribution in [3.8, 4) is 5.88 Å². The Labute approximate surface area is 92.1 Å². The van der Waals surface area contributed by atoms with E-state index in [1.807, 2.05) is 13.8 Å². The van der Waals surface area contributed by atoms with Crippen molar-refractivity contribution in [2.75, 3.05) is 0 Å². The van der Waals surface area contributed by atoms with Crippen LogP contribution in [0, 0.1) is 0 Å². The normalized spacial score (nSPS) is 11.7. The predicted molar refractivity (Wildman–Crippen MR) is 62.4 cm³/mol.